The van der Waals surface area contributed by atoms with Gasteiger partial charge in [0.25, 0.3) is 0 Å². The Balaban J connectivity index is 1.47. The third-order valence-corrected chi connectivity index (χ3v) is 5.58. The zero-order chi connectivity index (χ0) is 21.8. The van der Waals surface area contributed by atoms with Crippen LogP contribution >= 0.6 is 23.2 Å². The average Bonchev–Trinajstić information content (AvgIpc) is 2.74. The van der Waals surface area contributed by atoms with Gasteiger partial charge in [0.05, 0.1) is 6.61 Å². The molecule has 2 N–H and O–H groups in total. The highest BCUT2D eigenvalue weighted by atomic mass is 35.5. The fourth-order valence-corrected chi connectivity index (χ4v) is 4.10. The van der Waals surface area contributed by atoms with Crippen molar-refractivity contribution in [3.63, 3.8) is 0 Å². The molecule has 4 rings (SSSR count). The van der Waals surface area contributed by atoms with Crippen molar-refractivity contribution in [2.45, 2.75) is 6.92 Å². The van der Waals surface area contributed by atoms with Crippen LogP contribution in [0.15, 0.2) is 42.5 Å². The molecule has 2 aromatic carbocycles. The molecular formula is C22H24Cl2N6O. The third kappa shape index (κ3) is 5.62. The fraction of sp³-hybridized carbons (Fsp3) is 0.318. The smallest absolute Gasteiger partial charge is 0.232 e. The standard InChI is InChI=1S/C22H24Cl2N6O/c1-15-25-21(28-22(26-15)30-8-6-29(7-9-30)10-11-31)27-20-4-2-16(3-5-20)17-12-18(23)14-19(24)13-17/h2-5,12-14,31H,6-11H2,1H3,(H,25,26,27,28). The summed E-state index contributed by atoms with van der Waals surface area (Å²) in [5.74, 6) is 1.85. The van der Waals surface area contributed by atoms with E-state index in [4.69, 9.17) is 28.3 Å². The molecule has 31 heavy (non-hydrogen) atoms. The molecule has 9 heteroatoms. The number of aromatic nitrogens is 3. The van der Waals surface area contributed by atoms with E-state index >= 15 is 0 Å². The molecular weight excluding hydrogens is 435 g/mol. The second-order valence-electron chi connectivity index (χ2n) is 7.42. The predicted octanol–water partition coefficient (Wildman–Crippen LogP) is 4.01. The first kappa shape index (κ1) is 21.8. The van der Waals surface area contributed by atoms with Gasteiger partial charge >= 0.3 is 0 Å². The highest BCUT2D eigenvalue weighted by molar-refractivity contribution is 6.35. The Morgan fingerprint density at radius 2 is 1.58 bits per heavy atom. The first-order chi connectivity index (χ1) is 15.0. The highest BCUT2D eigenvalue weighted by Gasteiger charge is 2.19. The van der Waals surface area contributed by atoms with Gasteiger partial charge in [0.15, 0.2) is 0 Å². The molecule has 1 saturated heterocycles. The van der Waals surface area contributed by atoms with E-state index in [1.54, 1.807) is 6.07 Å². The van der Waals surface area contributed by atoms with E-state index in [0.717, 1.165) is 43.0 Å². The second kappa shape index (κ2) is 9.78. The van der Waals surface area contributed by atoms with E-state index in [9.17, 15) is 0 Å². The van der Waals surface area contributed by atoms with Gasteiger partial charge in [0.1, 0.15) is 5.82 Å². The maximum atomic E-state index is 9.11. The Hall–Kier alpha value is -2.45. The quantitative estimate of drug-likeness (QED) is 0.577. The first-order valence-electron chi connectivity index (χ1n) is 10.1. The number of piperazine rings is 1. The fourth-order valence-electron chi connectivity index (χ4n) is 3.57. The number of halogens is 2. The molecule has 0 unspecified atom stereocenters. The molecule has 0 aliphatic carbocycles. The maximum absolute atomic E-state index is 9.11. The maximum Gasteiger partial charge on any atom is 0.232 e. The molecule has 1 aliphatic heterocycles. The normalized spacial score (nSPS) is 14.6. The highest BCUT2D eigenvalue weighted by Crippen LogP contribution is 2.28. The van der Waals surface area contributed by atoms with E-state index in [1.165, 1.54) is 0 Å². The van der Waals surface area contributed by atoms with E-state index in [1.807, 2.05) is 43.3 Å². The summed E-state index contributed by atoms with van der Waals surface area (Å²) in [6.07, 6.45) is 0. The van der Waals surface area contributed by atoms with Crippen LogP contribution in [0.4, 0.5) is 17.6 Å². The summed E-state index contributed by atoms with van der Waals surface area (Å²) in [5, 5.41) is 13.6. The number of nitrogens with one attached hydrogen (secondary N) is 1. The predicted molar refractivity (Wildman–Crippen MR) is 125 cm³/mol. The van der Waals surface area contributed by atoms with Crippen LogP contribution in [0.3, 0.4) is 0 Å². The number of nitrogens with zero attached hydrogens (tertiary/aromatic N) is 5. The number of benzene rings is 2. The van der Waals surface area contributed by atoms with Gasteiger partial charge in [-0.2, -0.15) is 15.0 Å². The van der Waals surface area contributed by atoms with Crippen LogP contribution in [-0.4, -0.2) is 64.3 Å². The summed E-state index contributed by atoms with van der Waals surface area (Å²) in [6, 6.07) is 13.4. The third-order valence-electron chi connectivity index (χ3n) is 5.14. The molecule has 3 aromatic rings. The topological polar surface area (TPSA) is 77.4 Å². The zero-order valence-corrected chi connectivity index (χ0v) is 18.7. The van der Waals surface area contributed by atoms with E-state index in [2.05, 4.69) is 30.1 Å². The molecule has 0 bridgehead atoms. The number of hydrogen-bond acceptors (Lipinski definition) is 7. The van der Waals surface area contributed by atoms with Gasteiger partial charge in [-0.3, -0.25) is 4.90 Å². The molecule has 0 atom stereocenters. The average molecular weight is 459 g/mol. The molecule has 1 aromatic heterocycles. The summed E-state index contributed by atoms with van der Waals surface area (Å²) < 4.78 is 0. The lowest BCUT2D eigenvalue weighted by atomic mass is 10.1. The van der Waals surface area contributed by atoms with Crippen LogP contribution in [0.1, 0.15) is 5.82 Å². The van der Waals surface area contributed by atoms with Crippen LogP contribution < -0.4 is 10.2 Å². The number of rotatable bonds is 6. The summed E-state index contributed by atoms with van der Waals surface area (Å²) in [7, 11) is 0. The van der Waals surface area contributed by atoms with E-state index in [0.29, 0.717) is 34.3 Å². The molecule has 1 aliphatic rings. The van der Waals surface area contributed by atoms with Crippen molar-refractivity contribution in [1.29, 1.82) is 0 Å². The second-order valence-corrected chi connectivity index (χ2v) is 8.29. The monoisotopic (exact) mass is 458 g/mol. The van der Waals surface area contributed by atoms with Gasteiger partial charge in [0, 0.05) is 48.5 Å². The minimum absolute atomic E-state index is 0.183. The number of aryl methyl sites for hydroxylation is 1. The lowest BCUT2D eigenvalue weighted by molar-refractivity contribution is 0.188. The zero-order valence-electron chi connectivity index (χ0n) is 17.2. The van der Waals surface area contributed by atoms with Crippen molar-refractivity contribution in [3.8, 4) is 11.1 Å². The number of aliphatic hydroxyl groups excluding tert-OH is 1. The minimum atomic E-state index is 0.183. The van der Waals surface area contributed by atoms with Crippen molar-refractivity contribution < 1.29 is 5.11 Å². The Morgan fingerprint density at radius 3 is 2.23 bits per heavy atom. The Bertz CT molecular complexity index is 1020. The lowest BCUT2D eigenvalue weighted by Gasteiger charge is -2.34. The Kier molecular flexibility index (Phi) is 6.87. The van der Waals surface area contributed by atoms with Crippen molar-refractivity contribution in [2.75, 3.05) is 49.5 Å². The minimum Gasteiger partial charge on any atom is -0.395 e. The number of β-amino-alcohol motifs (C(OH)–C–C–N with tert-alkyl or cyclic N) is 1. The molecule has 0 amide bonds. The first-order valence-corrected chi connectivity index (χ1v) is 10.9. The van der Waals surface area contributed by atoms with Crippen molar-refractivity contribution in [2.24, 2.45) is 0 Å². The van der Waals surface area contributed by atoms with Gasteiger partial charge in [-0.25, -0.2) is 0 Å². The summed E-state index contributed by atoms with van der Waals surface area (Å²) >= 11 is 12.2. The molecule has 7 nitrogen and oxygen atoms in total. The molecule has 2 heterocycles. The summed E-state index contributed by atoms with van der Waals surface area (Å²) in [5.41, 5.74) is 2.85. The van der Waals surface area contributed by atoms with Gasteiger partial charge < -0.3 is 15.3 Å². The van der Waals surface area contributed by atoms with Crippen LogP contribution in [0.25, 0.3) is 11.1 Å². The molecule has 162 valence electrons. The number of anilines is 3. The van der Waals surface area contributed by atoms with Crippen LogP contribution in [0.5, 0.6) is 0 Å². The molecule has 0 radical (unpaired) electrons. The van der Waals surface area contributed by atoms with Crippen LogP contribution in [0, 0.1) is 6.92 Å². The SMILES string of the molecule is Cc1nc(Nc2ccc(-c3cc(Cl)cc(Cl)c3)cc2)nc(N2CCN(CCO)CC2)n1. The Labute approximate surface area is 191 Å². The van der Waals surface area contributed by atoms with Gasteiger partial charge in [-0.15, -0.1) is 0 Å². The van der Waals surface area contributed by atoms with Crippen LogP contribution in [-0.2, 0) is 0 Å². The van der Waals surface area contributed by atoms with Gasteiger partial charge in [0.2, 0.25) is 11.9 Å². The number of hydrogen-bond donors (Lipinski definition) is 2. The lowest BCUT2D eigenvalue weighted by Crippen LogP contribution is -2.47. The largest absolute Gasteiger partial charge is 0.395 e. The summed E-state index contributed by atoms with van der Waals surface area (Å²) in [6.45, 7) is 6.15. The number of aliphatic hydroxyl groups is 1. The van der Waals surface area contributed by atoms with Gasteiger partial charge in [-0.05, 0) is 48.4 Å². The van der Waals surface area contributed by atoms with E-state index < -0.39 is 0 Å². The Morgan fingerprint density at radius 1 is 0.903 bits per heavy atom. The molecule has 1 fully saturated rings. The molecule has 0 saturated carbocycles. The van der Waals surface area contributed by atoms with Crippen molar-refractivity contribution in [3.05, 3.63) is 58.3 Å². The van der Waals surface area contributed by atoms with E-state index in [-0.39, 0.29) is 6.61 Å². The van der Waals surface area contributed by atoms with Crippen LogP contribution in [0.2, 0.25) is 10.0 Å². The van der Waals surface area contributed by atoms with Crippen molar-refractivity contribution in [1.82, 2.24) is 19.9 Å². The molecule has 0 spiro atoms. The van der Waals surface area contributed by atoms with Gasteiger partial charge in [-0.1, -0.05) is 35.3 Å². The van der Waals surface area contributed by atoms with Crippen molar-refractivity contribution >= 4 is 40.8 Å². The summed E-state index contributed by atoms with van der Waals surface area (Å²) in [4.78, 5) is 17.9.